The number of carboxylic acids is 1. The van der Waals surface area contributed by atoms with Gasteiger partial charge < -0.3 is 76.0 Å². The second kappa shape index (κ2) is 31.2. The fourth-order valence-corrected chi connectivity index (χ4v) is 10.1. The lowest BCUT2D eigenvalue weighted by Gasteiger charge is -2.46. The molecule has 4 heterocycles. The molecular formula is C47H72ClN9O15S. The smallest absolute Gasteiger partial charge is 0.364 e. The molecule has 0 spiro atoms. The SMILES string of the molecule is CC(=O)N[C@H]1[C@H]([C@H](O)[C@H](O)CNC(=O)Cc2ccc(Cl)cc2)O[C@@](OCCCCCCn2cc(COCCOCCNC(=O)CCOCCNC(=O)CCCC[C@H]3SC[C@H]4NC(=O)N[C@H]43)nn2)(C(=O)O)C[C@@H]1O. The predicted octanol–water partition coefficient (Wildman–Crippen LogP) is -0.0773. The number of carbonyl (C=O) groups is 6. The number of hydrogen-bond acceptors (Lipinski definition) is 17. The van der Waals surface area contributed by atoms with Gasteiger partial charge in [-0.1, -0.05) is 48.2 Å². The second-order valence-corrected chi connectivity index (χ2v) is 19.8. The number of nitrogens with zero attached hydrogens (tertiary/aromatic N) is 3. The number of carboxylic acid groups (broad SMARTS) is 1. The summed E-state index contributed by atoms with van der Waals surface area (Å²) >= 11 is 7.77. The summed E-state index contributed by atoms with van der Waals surface area (Å²) in [6.45, 7) is 3.64. The van der Waals surface area contributed by atoms with E-state index in [0.717, 1.165) is 37.9 Å². The van der Waals surface area contributed by atoms with Crippen molar-refractivity contribution in [1.29, 1.82) is 0 Å². The number of aromatic nitrogens is 3. The molecule has 6 amide bonds. The Labute approximate surface area is 433 Å². The molecule has 5 rings (SSSR count). The van der Waals surface area contributed by atoms with Gasteiger partial charge in [-0.3, -0.25) is 23.9 Å². The third kappa shape index (κ3) is 20.5. The molecular weight excluding hydrogens is 998 g/mol. The molecule has 2 aromatic rings. The van der Waals surface area contributed by atoms with Crippen LogP contribution in [0.3, 0.4) is 0 Å². The van der Waals surface area contributed by atoms with Crippen molar-refractivity contribution in [3.63, 3.8) is 0 Å². The van der Waals surface area contributed by atoms with Gasteiger partial charge >= 0.3 is 12.0 Å². The highest BCUT2D eigenvalue weighted by atomic mass is 35.5. The topological polar surface area (TPSA) is 332 Å². The molecule has 3 saturated heterocycles. The van der Waals surface area contributed by atoms with Gasteiger partial charge in [-0.15, -0.1) is 5.10 Å². The molecule has 26 heteroatoms. The number of aryl methyl sites for hydroxylation is 1. The van der Waals surface area contributed by atoms with Crippen molar-refractivity contribution in [2.75, 3.05) is 65.0 Å². The van der Waals surface area contributed by atoms with Crippen LogP contribution in [0.4, 0.5) is 4.79 Å². The highest BCUT2D eigenvalue weighted by molar-refractivity contribution is 8.00. The summed E-state index contributed by atoms with van der Waals surface area (Å²) in [6.07, 6.45) is 0.266. The Morgan fingerprint density at radius 1 is 0.890 bits per heavy atom. The number of aliphatic carboxylic acids is 1. The molecule has 3 aliphatic rings. The third-order valence-electron chi connectivity index (χ3n) is 12.3. The summed E-state index contributed by atoms with van der Waals surface area (Å²) in [5.41, 5.74) is 1.29. The minimum Gasteiger partial charge on any atom is -0.477 e. The maximum absolute atomic E-state index is 12.6. The largest absolute Gasteiger partial charge is 0.477 e. The third-order valence-corrected chi connectivity index (χ3v) is 14.1. The van der Waals surface area contributed by atoms with Gasteiger partial charge in [0, 0.05) is 68.4 Å². The number of rotatable bonds is 35. The summed E-state index contributed by atoms with van der Waals surface area (Å²) < 4.78 is 29.9. The number of amides is 6. The molecule has 1 aromatic heterocycles. The fraction of sp³-hybridized carbons (Fsp3) is 0.702. The summed E-state index contributed by atoms with van der Waals surface area (Å²) in [4.78, 5) is 72.9. The Hall–Kier alpha value is -4.70. The van der Waals surface area contributed by atoms with Gasteiger partial charge in [-0.05, 0) is 43.4 Å². The van der Waals surface area contributed by atoms with Crippen LogP contribution in [0.1, 0.15) is 82.4 Å². The highest BCUT2D eigenvalue weighted by Crippen LogP contribution is 2.35. The van der Waals surface area contributed by atoms with Crippen molar-refractivity contribution in [2.24, 2.45) is 0 Å². The number of hydrogen-bond donors (Lipinski definition) is 10. The molecule has 3 aliphatic heterocycles. The molecule has 0 saturated carbocycles. The minimum atomic E-state index is -2.40. The van der Waals surface area contributed by atoms with Gasteiger partial charge in [0.2, 0.25) is 23.6 Å². The zero-order valence-corrected chi connectivity index (χ0v) is 42.7. The summed E-state index contributed by atoms with van der Waals surface area (Å²) in [5, 5.41) is 68.9. The first-order valence-corrected chi connectivity index (χ1v) is 26.3. The predicted molar refractivity (Wildman–Crippen MR) is 264 cm³/mol. The van der Waals surface area contributed by atoms with Gasteiger partial charge in [0.1, 0.15) is 17.9 Å². The zero-order chi connectivity index (χ0) is 52.6. The van der Waals surface area contributed by atoms with Crippen molar-refractivity contribution >= 4 is 59.0 Å². The second-order valence-electron chi connectivity index (χ2n) is 18.1. The van der Waals surface area contributed by atoms with Crippen LogP contribution in [-0.2, 0) is 67.2 Å². The van der Waals surface area contributed by atoms with Crippen LogP contribution in [-0.4, -0.2) is 190 Å². The zero-order valence-electron chi connectivity index (χ0n) is 41.2. The lowest BCUT2D eigenvalue weighted by Crippen LogP contribution is -2.68. The molecule has 0 radical (unpaired) electrons. The van der Waals surface area contributed by atoms with E-state index in [4.69, 9.17) is 35.3 Å². The molecule has 408 valence electrons. The van der Waals surface area contributed by atoms with E-state index < -0.39 is 67.0 Å². The number of nitrogens with one attached hydrogen (secondary N) is 6. The first-order valence-electron chi connectivity index (χ1n) is 24.8. The van der Waals surface area contributed by atoms with E-state index in [0.29, 0.717) is 86.9 Å². The Morgan fingerprint density at radius 3 is 2.34 bits per heavy atom. The van der Waals surface area contributed by atoms with E-state index in [9.17, 15) is 49.2 Å². The molecule has 73 heavy (non-hydrogen) atoms. The van der Waals surface area contributed by atoms with Crippen LogP contribution in [0.5, 0.6) is 0 Å². The van der Waals surface area contributed by atoms with E-state index in [1.807, 2.05) is 11.8 Å². The number of halogens is 1. The molecule has 10 N–H and O–H groups in total. The van der Waals surface area contributed by atoms with Crippen LogP contribution in [0.2, 0.25) is 5.02 Å². The standard InChI is InChI=1S/C47H72ClN9O15S/c1-30(58)52-42-35(59)25-47(45(65)66,72-44(42)43(64)36(60)26-51-40(63)24-31-10-12-32(48)13-11-31)71-18-7-3-2-6-17-57-27-33(55-56-57)28-70-23-22-69-21-16-50-39(62)14-19-68-20-15-49-38(61)9-5-4-8-37-41-34(29-73-37)53-46(67)54-41/h10-13,27,34-37,41-44,59-60,64H,2-9,14-26,28-29H2,1H3,(H,49,61)(H,50,62)(H,51,63)(H,52,58)(H,65,66)(H2,53,54,67)/t34-,35+,36-,37-,41-,42-,43-,44-,47-/m1/s1. The maximum atomic E-state index is 12.6. The van der Waals surface area contributed by atoms with Crippen molar-refractivity contribution in [1.82, 2.24) is 46.9 Å². The van der Waals surface area contributed by atoms with Gasteiger partial charge in [0.05, 0.1) is 89.2 Å². The average molecular weight is 1070 g/mol. The lowest BCUT2D eigenvalue weighted by molar-refractivity contribution is -0.310. The highest BCUT2D eigenvalue weighted by Gasteiger charge is 2.55. The Morgan fingerprint density at radius 2 is 1.60 bits per heavy atom. The number of unbranched alkanes of at least 4 members (excludes halogenated alkanes) is 4. The summed E-state index contributed by atoms with van der Waals surface area (Å²) in [7, 11) is 0. The van der Waals surface area contributed by atoms with Crippen molar-refractivity contribution in [3.8, 4) is 0 Å². The van der Waals surface area contributed by atoms with Crippen molar-refractivity contribution in [2.45, 2.75) is 144 Å². The van der Waals surface area contributed by atoms with E-state index in [1.54, 1.807) is 35.1 Å². The van der Waals surface area contributed by atoms with E-state index >= 15 is 0 Å². The molecule has 1 aromatic carbocycles. The molecule has 0 bridgehead atoms. The van der Waals surface area contributed by atoms with E-state index in [1.165, 1.54) is 6.92 Å². The number of thioether (sulfide) groups is 1. The van der Waals surface area contributed by atoms with Crippen molar-refractivity contribution < 1.29 is 72.9 Å². The Balaban J connectivity index is 0.850. The van der Waals surface area contributed by atoms with Gasteiger partial charge in [-0.25, -0.2) is 9.59 Å². The number of aliphatic hydroxyl groups is 3. The molecule has 24 nitrogen and oxygen atoms in total. The van der Waals surface area contributed by atoms with Crippen molar-refractivity contribution in [3.05, 3.63) is 46.7 Å². The lowest BCUT2D eigenvalue weighted by atomic mass is 9.88. The Kier molecular flexibility index (Phi) is 25.3. The molecule has 3 fully saturated rings. The van der Waals surface area contributed by atoms with E-state index in [2.05, 4.69) is 42.2 Å². The maximum Gasteiger partial charge on any atom is 0.364 e. The molecule has 0 aliphatic carbocycles. The number of fused-ring (bicyclic) bond motifs is 1. The first-order chi connectivity index (χ1) is 35.1. The quantitative estimate of drug-likeness (QED) is 0.0319. The number of aliphatic hydroxyl groups excluding tert-OH is 3. The molecule has 9 atom stereocenters. The number of urea groups is 1. The first kappa shape index (κ1) is 59.2. The number of carbonyl (C=O) groups excluding carboxylic acids is 5. The van der Waals surface area contributed by atoms with Crippen LogP contribution < -0.4 is 31.9 Å². The van der Waals surface area contributed by atoms with Gasteiger partial charge in [0.25, 0.3) is 5.79 Å². The average Bonchev–Trinajstić information content (AvgIpc) is 4.08. The monoisotopic (exact) mass is 1070 g/mol. The molecule has 0 unspecified atom stereocenters. The van der Waals surface area contributed by atoms with Gasteiger partial charge in [0.15, 0.2) is 0 Å². The number of benzene rings is 1. The van der Waals surface area contributed by atoms with Crippen LogP contribution in [0, 0.1) is 0 Å². The number of ether oxygens (including phenoxy) is 5. The van der Waals surface area contributed by atoms with Crippen LogP contribution >= 0.6 is 23.4 Å². The van der Waals surface area contributed by atoms with Gasteiger partial charge in [-0.2, -0.15) is 11.8 Å². The minimum absolute atomic E-state index is 0.0303. The Bertz CT molecular complexity index is 2060. The summed E-state index contributed by atoms with van der Waals surface area (Å²) in [6, 6.07) is 5.56. The summed E-state index contributed by atoms with van der Waals surface area (Å²) in [5.74, 6) is -4.31. The normalized spacial score (nSPS) is 23.2. The fourth-order valence-electron chi connectivity index (χ4n) is 8.48. The van der Waals surface area contributed by atoms with Crippen LogP contribution in [0.15, 0.2) is 30.5 Å². The van der Waals surface area contributed by atoms with Crippen LogP contribution in [0.25, 0.3) is 0 Å². The van der Waals surface area contributed by atoms with E-state index in [-0.39, 0.29) is 62.6 Å².